The summed E-state index contributed by atoms with van der Waals surface area (Å²) in [5.41, 5.74) is 1.10. The van der Waals surface area contributed by atoms with E-state index in [9.17, 15) is 4.39 Å². The second-order valence-corrected chi connectivity index (χ2v) is 4.20. The zero-order valence-electron chi connectivity index (χ0n) is 9.58. The number of aryl methyl sites for hydroxylation is 1. The van der Waals surface area contributed by atoms with Gasteiger partial charge in [-0.2, -0.15) is 5.26 Å². The summed E-state index contributed by atoms with van der Waals surface area (Å²) in [6.45, 7) is 1.80. The summed E-state index contributed by atoms with van der Waals surface area (Å²) in [5.74, 6) is 0.354. The number of halogens is 2. The van der Waals surface area contributed by atoms with E-state index in [0.29, 0.717) is 22.1 Å². The monoisotopic (exact) mass is 261 g/mol. The number of hydrogen-bond acceptors (Lipinski definition) is 2. The Balaban J connectivity index is 2.40. The van der Waals surface area contributed by atoms with Gasteiger partial charge in [-0.3, -0.25) is 0 Å². The van der Waals surface area contributed by atoms with Crippen LogP contribution in [0.5, 0.6) is 11.5 Å². The Morgan fingerprint density at radius 2 is 1.94 bits per heavy atom. The predicted octanol–water partition coefficient (Wildman–Crippen LogP) is 4.45. The number of nitrogens with zero attached hydrogens (tertiary/aromatic N) is 1. The molecule has 0 saturated carbocycles. The zero-order valence-corrected chi connectivity index (χ0v) is 10.3. The molecule has 0 aliphatic heterocycles. The van der Waals surface area contributed by atoms with Crippen LogP contribution >= 0.6 is 11.6 Å². The lowest BCUT2D eigenvalue weighted by Crippen LogP contribution is -1.91. The van der Waals surface area contributed by atoms with Gasteiger partial charge in [0.05, 0.1) is 5.56 Å². The van der Waals surface area contributed by atoms with Crippen molar-refractivity contribution in [1.82, 2.24) is 0 Å². The highest BCUT2D eigenvalue weighted by Gasteiger charge is 2.08. The first-order chi connectivity index (χ1) is 8.60. The van der Waals surface area contributed by atoms with E-state index in [0.717, 1.165) is 5.56 Å². The fraction of sp³-hybridized carbons (Fsp3) is 0.0714. The van der Waals surface area contributed by atoms with Gasteiger partial charge in [0.25, 0.3) is 0 Å². The normalized spacial score (nSPS) is 9.89. The van der Waals surface area contributed by atoms with E-state index in [-0.39, 0.29) is 5.82 Å². The lowest BCUT2D eigenvalue weighted by atomic mass is 10.2. The van der Waals surface area contributed by atoms with E-state index in [1.54, 1.807) is 25.1 Å². The van der Waals surface area contributed by atoms with Crippen molar-refractivity contribution >= 4 is 11.6 Å². The molecule has 0 unspecified atom stereocenters. The van der Waals surface area contributed by atoms with Crippen LogP contribution in [0.2, 0.25) is 5.02 Å². The molecular weight excluding hydrogens is 253 g/mol. The van der Waals surface area contributed by atoms with Crippen molar-refractivity contribution in [3.63, 3.8) is 0 Å². The van der Waals surface area contributed by atoms with Gasteiger partial charge in [0.15, 0.2) is 0 Å². The van der Waals surface area contributed by atoms with Crippen LogP contribution in [-0.4, -0.2) is 0 Å². The van der Waals surface area contributed by atoms with Gasteiger partial charge in [0, 0.05) is 11.1 Å². The van der Waals surface area contributed by atoms with Crippen molar-refractivity contribution in [2.24, 2.45) is 0 Å². The summed E-state index contributed by atoms with van der Waals surface area (Å²) in [6, 6.07) is 11.0. The fourth-order valence-electron chi connectivity index (χ4n) is 1.48. The lowest BCUT2D eigenvalue weighted by molar-refractivity contribution is 0.471. The first-order valence-electron chi connectivity index (χ1n) is 5.24. The molecule has 0 bridgehead atoms. The standard InChI is InChI=1S/C14H9ClFNO/c1-9-2-4-12(16)7-14(9)18-13-5-3-11(15)6-10(13)8-17/h2-7H,1H3. The molecule has 0 radical (unpaired) electrons. The third-order valence-electron chi connectivity index (χ3n) is 2.43. The SMILES string of the molecule is Cc1ccc(F)cc1Oc1ccc(Cl)cc1C#N. The summed E-state index contributed by atoms with van der Waals surface area (Å²) in [7, 11) is 0. The topological polar surface area (TPSA) is 33.0 Å². The molecular formula is C14H9ClFNO. The first kappa shape index (κ1) is 12.4. The fourth-order valence-corrected chi connectivity index (χ4v) is 1.65. The maximum absolute atomic E-state index is 13.1. The largest absolute Gasteiger partial charge is 0.456 e. The van der Waals surface area contributed by atoms with Crippen LogP contribution in [0.4, 0.5) is 4.39 Å². The highest BCUT2D eigenvalue weighted by Crippen LogP contribution is 2.29. The number of nitriles is 1. The zero-order chi connectivity index (χ0) is 13.1. The molecule has 0 heterocycles. The van der Waals surface area contributed by atoms with Crippen molar-refractivity contribution in [2.75, 3.05) is 0 Å². The maximum atomic E-state index is 13.1. The predicted molar refractivity (Wildman–Crippen MR) is 67.4 cm³/mol. The molecule has 90 valence electrons. The van der Waals surface area contributed by atoms with Gasteiger partial charge < -0.3 is 4.74 Å². The highest BCUT2D eigenvalue weighted by molar-refractivity contribution is 6.30. The van der Waals surface area contributed by atoms with Crippen molar-refractivity contribution in [1.29, 1.82) is 5.26 Å². The van der Waals surface area contributed by atoms with Crippen molar-refractivity contribution in [3.05, 3.63) is 58.4 Å². The average Bonchev–Trinajstić information content (AvgIpc) is 2.36. The van der Waals surface area contributed by atoms with Crippen LogP contribution in [0, 0.1) is 24.1 Å². The van der Waals surface area contributed by atoms with Crippen LogP contribution < -0.4 is 4.74 Å². The number of benzene rings is 2. The Bertz CT molecular complexity index is 634. The van der Waals surface area contributed by atoms with E-state index < -0.39 is 0 Å². The smallest absolute Gasteiger partial charge is 0.145 e. The summed E-state index contributed by atoms with van der Waals surface area (Å²) in [6.07, 6.45) is 0. The molecule has 4 heteroatoms. The second kappa shape index (κ2) is 5.07. The van der Waals surface area contributed by atoms with Crippen molar-refractivity contribution in [3.8, 4) is 17.6 Å². The number of rotatable bonds is 2. The summed E-state index contributed by atoms with van der Waals surface area (Å²) in [5, 5.41) is 9.44. The highest BCUT2D eigenvalue weighted by atomic mass is 35.5. The molecule has 0 amide bonds. The molecule has 2 aromatic carbocycles. The minimum absolute atomic E-state index is 0.311. The summed E-state index contributed by atoms with van der Waals surface area (Å²) < 4.78 is 18.7. The molecule has 0 N–H and O–H groups in total. The van der Waals surface area contributed by atoms with Gasteiger partial charge in [0.1, 0.15) is 23.4 Å². The number of ether oxygens (including phenoxy) is 1. The van der Waals surface area contributed by atoms with E-state index in [2.05, 4.69) is 0 Å². The van der Waals surface area contributed by atoms with E-state index in [4.69, 9.17) is 21.6 Å². The van der Waals surface area contributed by atoms with Gasteiger partial charge in [-0.25, -0.2) is 4.39 Å². The van der Waals surface area contributed by atoms with E-state index in [1.165, 1.54) is 18.2 Å². The van der Waals surface area contributed by atoms with E-state index >= 15 is 0 Å². The molecule has 18 heavy (non-hydrogen) atoms. The van der Waals surface area contributed by atoms with Gasteiger partial charge in [-0.05, 0) is 36.8 Å². The third kappa shape index (κ3) is 2.61. The van der Waals surface area contributed by atoms with Gasteiger partial charge >= 0.3 is 0 Å². The molecule has 0 aliphatic rings. The molecule has 0 spiro atoms. The molecule has 0 aliphatic carbocycles. The second-order valence-electron chi connectivity index (χ2n) is 3.76. The van der Waals surface area contributed by atoms with Crippen LogP contribution in [0.25, 0.3) is 0 Å². The quantitative estimate of drug-likeness (QED) is 0.800. The molecule has 0 saturated heterocycles. The molecule has 2 rings (SSSR count). The van der Waals surface area contributed by atoms with Crippen LogP contribution in [0.1, 0.15) is 11.1 Å². The summed E-state index contributed by atoms with van der Waals surface area (Å²) >= 11 is 5.79. The third-order valence-corrected chi connectivity index (χ3v) is 2.67. The lowest BCUT2D eigenvalue weighted by Gasteiger charge is -2.10. The summed E-state index contributed by atoms with van der Waals surface area (Å²) in [4.78, 5) is 0. The van der Waals surface area contributed by atoms with Crippen LogP contribution in [0.3, 0.4) is 0 Å². The van der Waals surface area contributed by atoms with Gasteiger partial charge in [-0.15, -0.1) is 0 Å². The van der Waals surface area contributed by atoms with Gasteiger partial charge in [0.2, 0.25) is 0 Å². The molecule has 0 fully saturated rings. The van der Waals surface area contributed by atoms with Crippen LogP contribution in [0.15, 0.2) is 36.4 Å². The Labute approximate surface area is 109 Å². The molecule has 0 atom stereocenters. The molecule has 2 aromatic rings. The Morgan fingerprint density at radius 1 is 1.17 bits per heavy atom. The Hall–Kier alpha value is -2.05. The van der Waals surface area contributed by atoms with E-state index in [1.807, 2.05) is 6.07 Å². The van der Waals surface area contributed by atoms with Crippen LogP contribution in [-0.2, 0) is 0 Å². The Kier molecular flexibility index (Phi) is 3.50. The van der Waals surface area contributed by atoms with Crippen molar-refractivity contribution in [2.45, 2.75) is 6.92 Å². The number of hydrogen-bond donors (Lipinski definition) is 0. The minimum atomic E-state index is -0.386. The Morgan fingerprint density at radius 3 is 2.67 bits per heavy atom. The van der Waals surface area contributed by atoms with Crippen molar-refractivity contribution < 1.29 is 9.13 Å². The average molecular weight is 262 g/mol. The maximum Gasteiger partial charge on any atom is 0.145 e. The molecule has 0 aromatic heterocycles. The van der Waals surface area contributed by atoms with Gasteiger partial charge in [-0.1, -0.05) is 17.7 Å². The minimum Gasteiger partial charge on any atom is -0.456 e. The molecule has 2 nitrogen and oxygen atoms in total. The first-order valence-corrected chi connectivity index (χ1v) is 5.61.